The van der Waals surface area contributed by atoms with Gasteiger partial charge < -0.3 is 15.0 Å². The Bertz CT molecular complexity index is 755. The van der Waals surface area contributed by atoms with Gasteiger partial charge in [-0.1, -0.05) is 18.2 Å². The lowest BCUT2D eigenvalue weighted by atomic mass is 10.1. The van der Waals surface area contributed by atoms with E-state index in [-0.39, 0.29) is 11.8 Å². The highest BCUT2D eigenvalue weighted by Crippen LogP contribution is 2.25. The number of ether oxygens (including phenoxy) is 1. The number of nitrogens with zero attached hydrogens (tertiary/aromatic N) is 1. The minimum atomic E-state index is -0.545. The summed E-state index contributed by atoms with van der Waals surface area (Å²) in [5.74, 6) is 0.453. The van der Waals surface area contributed by atoms with E-state index in [1.54, 1.807) is 42.2 Å². The fraction of sp³-hybridized carbons (Fsp3) is 0.263. The van der Waals surface area contributed by atoms with Crippen LogP contribution in [0.15, 0.2) is 48.5 Å². The molecule has 0 spiro atoms. The number of benzene rings is 2. The van der Waals surface area contributed by atoms with Gasteiger partial charge in [0.1, 0.15) is 11.8 Å². The smallest absolute Gasteiger partial charge is 0.255 e. The van der Waals surface area contributed by atoms with Crippen LogP contribution in [0, 0.1) is 0 Å². The molecule has 24 heavy (non-hydrogen) atoms. The average molecular weight is 324 g/mol. The number of anilines is 1. The Morgan fingerprint density at radius 2 is 1.92 bits per heavy atom. The van der Waals surface area contributed by atoms with E-state index in [2.05, 4.69) is 5.32 Å². The van der Waals surface area contributed by atoms with Crippen LogP contribution in [0.1, 0.15) is 29.8 Å². The van der Waals surface area contributed by atoms with Crippen LogP contribution in [0.4, 0.5) is 5.69 Å². The number of hydrogen-bond donors (Lipinski definition) is 1. The number of amides is 2. The van der Waals surface area contributed by atoms with Crippen molar-refractivity contribution in [1.82, 2.24) is 4.90 Å². The SMILES string of the molecule is CCOc1ccc(NC(=O)[C@H](C)N2Cc3ccccc3C2=O)cc1. The van der Waals surface area contributed by atoms with Gasteiger partial charge in [0.25, 0.3) is 5.91 Å². The van der Waals surface area contributed by atoms with Crippen molar-refractivity contribution in [3.05, 3.63) is 59.7 Å². The van der Waals surface area contributed by atoms with Gasteiger partial charge in [-0.15, -0.1) is 0 Å². The average Bonchev–Trinajstić information content (AvgIpc) is 2.93. The molecule has 0 aliphatic carbocycles. The molecule has 5 heteroatoms. The molecule has 1 aliphatic rings. The topological polar surface area (TPSA) is 58.6 Å². The Labute approximate surface area is 141 Å². The number of rotatable bonds is 5. The Morgan fingerprint density at radius 3 is 2.58 bits per heavy atom. The van der Waals surface area contributed by atoms with Gasteiger partial charge in [0.2, 0.25) is 5.91 Å². The van der Waals surface area contributed by atoms with Crippen LogP contribution in [0.25, 0.3) is 0 Å². The van der Waals surface area contributed by atoms with Gasteiger partial charge in [0.15, 0.2) is 0 Å². The van der Waals surface area contributed by atoms with Crippen LogP contribution in [0.2, 0.25) is 0 Å². The molecule has 0 saturated heterocycles. The van der Waals surface area contributed by atoms with Gasteiger partial charge in [-0.25, -0.2) is 0 Å². The molecule has 124 valence electrons. The Morgan fingerprint density at radius 1 is 1.21 bits per heavy atom. The first kappa shape index (κ1) is 16.1. The van der Waals surface area contributed by atoms with E-state index in [0.717, 1.165) is 11.3 Å². The molecule has 2 aromatic carbocycles. The first-order valence-corrected chi connectivity index (χ1v) is 8.02. The van der Waals surface area contributed by atoms with Crippen molar-refractivity contribution < 1.29 is 14.3 Å². The maximum Gasteiger partial charge on any atom is 0.255 e. The Hall–Kier alpha value is -2.82. The zero-order valence-electron chi connectivity index (χ0n) is 13.8. The predicted octanol–water partition coefficient (Wildman–Crippen LogP) is 3.07. The lowest BCUT2D eigenvalue weighted by Crippen LogP contribution is -2.42. The van der Waals surface area contributed by atoms with E-state index < -0.39 is 6.04 Å². The highest BCUT2D eigenvalue weighted by molar-refractivity contribution is 6.03. The van der Waals surface area contributed by atoms with E-state index in [4.69, 9.17) is 4.74 Å². The second-order valence-corrected chi connectivity index (χ2v) is 5.71. The standard InChI is InChI=1S/C19H20N2O3/c1-3-24-16-10-8-15(9-11-16)20-18(22)13(2)21-12-14-6-4-5-7-17(14)19(21)23/h4-11,13H,3,12H2,1-2H3,(H,20,22)/t13-/m0/s1. The third-order valence-corrected chi connectivity index (χ3v) is 4.13. The lowest BCUT2D eigenvalue weighted by molar-refractivity contribution is -0.120. The zero-order chi connectivity index (χ0) is 17.1. The van der Waals surface area contributed by atoms with Crippen molar-refractivity contribution in [1.29, 1.82) is 0 Å². The summed E-state index contributed by atoms with van der Waals surface area (Å²) in [5, 5.41) is 2.85. The molecular formula is C19H20N2O3. The first-order valence-electron chi connectivity index (χ1n) is 8.02. The summed E-state index contributed by atoms with van der Waals surface area (Å²) in [4.78, 5) is 26.5. The number of carbonyl (C=O) groups is 2. The highest BCUT2D eigenvalue weighted by atomic mass is 16.5. The second kappa shape index (κ2) is 6.74. The molecule has 0 fully saturated rings. The van der Waals surface area contributed by atoms with E-state index >= 15 is 0 Å². The van der Waals surface area contributed by atoms with Crippen LogP contribution in [0.3, 0.4) is 0 Å². The molecule has 1 aliphatic heterocycles. The van der Waals surface area contributed by atoms with Crippen LogP contribution >= 0.6 is 0 Å². The van der Waals surface area contributed by atoms with Crippen molar-refractivity contribution in [2.24, 2.45) is 0 Å². The van der Waals surface area contributed by atoms with Crippen molar-refractivity contribution >= 4 is 17.5 Å². The maximum atomic E-state index is 12.5. The van der Waals surface area contributed by atoms with E-state index in [9.17, 15) is 9.59 Å². The van der Waals surface area contributed by atoms with Gasteiger partial charge in [-0.2, -0.15) is 0 Å². The third kappa shape index (κ3) is 3.11. The third-order valence-electron chi connectivity index (χ3n) is 4.13. The van der Waals surface area contributed by atoms with Crippen LogP contribution < -0.4 is 10.1 Å². The molecule has 2 aromatic rings. The van der Waals surface area contributed by atoms with Crippen molar-refractivity contribution in [3.8, 4) is 5.75 Å². The minimum Gasteiger partial charge on any atom is -0.494 e. The molecular weight excluding hydrogens is 304 g/mol. The molecule has 5 nitrogen and oxygen atoms in total. The summed E-state index contributed by atoms with van der Waals surface area (Å²) in [6, 6.07) is 14.1. The summed E-state index contributed by atoms with van der Waals surface area (Å²) in [7, 11) is 0. The number of nitrogens with one attached hydrogen (secondary N) is 1. The zero-order valence-corrected chi connectivity index (χ0v) is 13.8. The molecule has 0 bridgehead atoms. The molecule has 0 saturated carbocycles. The normalized spacial score (nSPS) is 14.2. The van der Waals surface area contributed by atoms with Gasteiger partial charge >= 0.3 is 0 Å². The maximum absolute atomic E-state index is 12.5. The van der Waals surface area contributed by atoms with Crippen LogP contribution in [0.5, 0.6) is 5.75 Å². The van der Waals surface area contributed by atoms with E-state index in [1.165, 1.54) is 0 Å². The van der Waals surface area contributed by atoms with Crippen LogP contribution in [-0.2, 0) is 11.3 Å². The Kier molecular flexibility index (Phi) is 4.51. The van der Waals surface area contributed by atoms with E-state index in [1.807, 2.05) is 25.1 Å². The van der Waals surface area contributed by atoms with Crippen molar-refractivity contribution in [2.45, 2.75) is 26.4 Å². The van der Waals surface area contributed by atoms with Gasteiger partial charge in [0.05, 0.1) is 6.61 Å². The highest BCUT2D eigenvalue weighted by Gasteiger charge is 2.33. The predicted molar refractivity (Wildman–Crippen MR) is 92.0 cm³/mol. The largest absolute Gasteiger partial charge is 0.494 e. The molecule has 3 rings (SSSR count). The van der Waals surface area contributed by atoms with Crippen molar-refractivity contribution in [2.75, 3.05) is 11.9 Å². The van der Waals surface area contributed by atoms with Gasteiger partial charge in [-0.3, -0.25) is 9.59 Å². The summed E-state index contributed by atoms with van der Waals surface area (Å²) < 4.78 is 5.38. The molecule has 2 amide bonds. The fourth-order valence-corrected chi connectivity index (χ4v) is 2.78. The molecule has 0 radical (unpaired) electrons. The quantitative estimate of drug-likeness (QED) is 0.919. The van der Waals surface area contributed by atoms with Crippen LogP contribution in [-0.4, -0.2) is 29.4 Å². The molecule has 0 aromatic heterocycles. The van der Waals surface area contributed by atoms with Gasteiger partial charge in [0, 0.05) is 17.8 Å². The summed E-state index contributed by atoms with van der Waals surface area (Å²) in [6.45, 7) is 4.73. The fourth-order valence-electron chi connectivity index (χ4n) is 2.78. The van der Waals surface area contributed by atoms with E-state index in [0.29, 0.717) is 24.4 Å². The molecule has 1 atom stereocenters. The minimum absolute atomic E-state index is 0.0973. The van der Waals surface area contributed by atoms with Gasteiger partial charge in [-0.05, 0) is 49.7 Å². The summed E-state index contributed by atoms with van der Waals surface area (Å²) in [5.41, 5.74) is 2.32. The molecule has 1 heterocycles. The number of carbonyl (C=O) groups excluding carboxylic acids is 2. The number of hydrogen-bond acceptors (Lipinski definition) is 3. The lowest BCUT2D eigenvalue weighted by Gasteiger charge is -2.23. The number of fused-ring (bicyclic) bond motifs is 1. The summed E-state index contributed by atoms with van der Waals surface area (Å²) >= 11 is 0. The molecule has 0 unspecified atom stereocenters. The Balaban J connectivity index is 1.66. The molecule has 1 N–H and O–H groups in total. The second-order valence-electron chi connectivity index (χ2n) is 5.71. The summed E-state index contributed by atoms with van der Waals surface area (Å²) in [6.07, 6.45) is 0. The monoisotopic (exact) mass is 324 g/mol. The van der Waals surface area contributed by atoms with Crippen molar-refractivity contribution in [3.63, 3.8) is 0 Å². The first-order chi connectivity index (χ1) is 11.6.